The molecule has 0 aliphatic heterocycles. The molecule has 0 unspecified atom stereocenters. The van der Waals surface area contributed by atoms with E-state index >= 15 is 0 Å². The molecule has 0 saturated carbocycles. The molecular formula is C12H12BrN3. The van der Waals surface area contributed by atoms with E-state index in [4.69, 9.17) is 5.73 Å². The number of nitrogen functional groups attached to an aromatic ring is 1. The van der Waals surface area contributed by atoms with Gasteiger partial charge in [-0.3, -0.25) is 0 Å². The van der Waals surface area contributed by atoms with Gasteiger partial charge in [0.25, 0.3) is 0 Å². The van der Waals surface area contributed by atoms with Crippen molar-refractivity contribution in [1.82, 2.24) is 4.98 Å². The Morgan fingerprint density at radius 3 is 2.81 bits per heavy atom. The molecule has 16 heavy (non-hydrogen) atoms. The fraction of sp³-hybridized carbons (Fsp3) is 0.0833. The molecule has 1 aromatic heterocycles. The lowest BCUT2D eigenvalue weighted by Gasteiger charge is -2.07. The lowest BCUT2D eigenvalue weighted by Crippen LogP contribution is -1.95. The molecule has 0 amide bonds. The maximum Gasteiger partial charge on any atom is 0.130 e. The van der Waals surface area contributed by atoms with Crippen LogP contribution >= 0.6 is 15.9 Å². The van der Waals surface area contributed by atoms with E-state index in [1.165, 1.54) is 0 Å². The van der Waals surface area contributed by atoms with Gasteiger partial charge < -0.3 is 11.1 Å². The van der Waals surface area contributed by atoms with Gasteiger partial charge in [-0.2, -0.15) is 0 Å². The van der Waals surface area contributed by atoms with Gasteiger partial charge in [0.2, 0.25) is 0 Å². The molecule has 82 valence electrons. The first-order valence-corrected chi connectivity index (χ1v) is 5.69. The van der Waals surface area contributed by atoms with Gasteiger partial charge in [-0.15, -0.1) is 0 Å². The standard InChI is InChI=1S/C12H12BrN3/c1-8-5-12(15-7-11(8)13)16-10-4-2-3-9(14)6-10/h2-7H,14H2,1H3,(H,15,16). The number of nitrogens with two attached hydrogens (primary N) is 1. The summed E-state index contributed by atoms with van der Waals surface area (Å²) in [4.78, 5) is 4.27. The number of rotatable bonds is 2. The molecule has 0 aliphatic carbocycles. The van der Waals surface area contributed by atoms with Crippen LogP contribution in [0.1, 0.15) is 5.56 Å². The van der Waals surface area contributed by atoms with Crippen LogP contribution in [0, 0.1) is 6.92 Å². The number of anilines is 3. The van der Waals surface area contributed by atoms with Crippen molar-refractivity contribution in [3.63, 3.8) is 0 Å². The van der Waals surface area contributed by atoms with Gasteiger partial charge in [-0.25, -0.2) is 4.98 Å². The maximum absolute atomic E-state index is 5.70. The molecule has 2 aromatic rings. The van der Waals surface area contributed by atoms with Crippen LogP contribution < -0.4 is 11.1 Å². The minimum atomic E-state index is 0.735. The van der Waals surface area contributed by atoms with Crippen molar-refractivity contribution in [2.45, 2.75) is 6.92 Å². The number of hydrogen-bond donors (Lipinski definition) is 2. The van der Waals surface area contributed by atoms with E-state index < -0.39 is 0 Å². The summed E-state index contributed by atoms with van der Waals surface area (Å²) in [5, 5.41) is 3.20. The highest BCUT2D eigenvalue weighted by molar-refractivity contribution is 9.10. The average molecular weight is 278 g/mol. The number of pyridine rings is 1. The van der Waals surface area contributed by atoms with Crippen molar-refractivity contribution in [2.24, 2.45) is 0 Å². The fourth-order valence-electron chi connectivity index (χ4n) is 1.37. The number of halogens is 1. The molecule has 3 N–H and O–H groups in total. The van der Waals surface area contributed by atoms with E-state index in [1.54, 1.807) is 6.20 Å². The Hall–Kier alpha value is -1.55. The lowest BCUT2D eigenvalue weighted by atomic mass is 10.2. The molecule has 0 bridgehead atoms. The summed E-state index contributed by atoms with van der Waals surface area (Å²) in [6, 6.07) is 9.57. The van der Waals surface area contributed by atoms with E-state index in [0.29, 0.717) is 0 Å². The predicted octanol–water partition coefficient (Wildman–Crippen LogP) is 3.48. The average Bonchev–Trinajstić information content (AvgIpc) is 2.24. The summed E-state index contributed by atoms with van der Waals surface area (Å²) in [5.74, 6) is 0.811. The van der Waals surface area contributed by atoms with Gasteiger partial charge in [0.1, 0.15) is 5.82 Å². The van der Waals surface area contributed by atoms with E-state index in [2.05, 4.69) is 26.2 Å². The van der Waals surface area contributed by atoms with Crippen molar-refractivity contribution in [2.75, 3.05) is 11.1 Å². The minimum absolute atomic E-state index is 0.735. The topological polar surface area (TPSA) is 50.9 Å². The second kappa shape index (κ2) is 4.53. The number of benzene rings is 1. The smallest absolute Gasteiger partial charge is 0.130 e. The van der Waals surface area contributed by atoms with E-state index in [1.807, 2.05) is 37.3 Å². The van der Waals surface area contributed by atoms with Crippen LogP contribution in [0.4, 0.5) is 17.2 Å². The predicted molar refractivity (Wildman–Crippen MR) is 70.8 cm³/mol. The van der Waals surface area contributed by atoms with Crippen LogP contribution in [-0.4, -0.2) is 4.98 Å². The normalized spacial score (nSPS) is 10.1. The summed E-state index contributed by atoms with van der Waals surface area (Å²) >= 11 is 3.42. The Morgan fingerprint density at radius 2 is 2.12 bits per heavy atom. The van der Waals surface area contributed by atoms with Crippen LogP contribution in [0.5, 0.6) is 0 Å². The molecule has 4 heteroatoms. The van der Waals surface area contributed by atoms with Crippen molar-refractivity contribution in [1.29, 1.82) is 0 Å². The summed E-state index contributed by atoms with van der Waals surface area (Å²) in [6.07, 6.45) is 1.78. The summed E-state index contributed by atoms with van der Waals surface area (Å²) in [5.41, 5.74) is 8.51. The van der Waals surface area contributed by atoms with Gasteiger partial charge in [-0.05, 0) is 52.7 Å². The molecule has 1 heterocycles. The quantitative estimate of drug-likeness (QED) is 0.827. The zero-order valence-electron chi connectivity index (χ0n) is 8.87. The number of nitrogens with one attached hydrogen (secondary N) is 1. The van der Waals surface area contributed by atoms with E-state index in [9.17, 15) is 0 Å². The number of aryl methyl sites for hydroxylation is 1. The Labute approximate surface area is 103 Å². The minimum Gasteiger partial charge on any atom is -0.399 e. The van der Waals surface area contributed by atoms with Gasteiger partial charge >= 0.3 is 0 Å². The monoisotopic (exact) mass is 277 g/mol. The molecule has 3 nitrogen and oxygen atoms in total. The molecule has 1 aromatic carbocycles. The van der Waals surface area contributed by atoms with Crippen LogP contribution in [-0.2, 0) is 0 Å². The molecule has 0 atom stereocenters. The Balaban J connectivity index is 2.24. The molecular weight excluding hydrogens is 266 g/mol. The summed E-state index contributed by atoms with van der Waals surface area (Å²) < 4.78 is 1.01. The SMILES string of the molecule is Cc1cc(Nc2cccc(N)c2)ncc1Br. The van der Waals surface area contributed by atoms with E-state index in [-0.39, 0.29) is 0 Å². The van der Waals surface area contributed by atoms with Crippen LogP contribution in [0.2, 0.25) is 0 Å². The highest BCUT2D eigenvalue weighted by Gasteiger charge is 1.99. The first-order chi connectivity index (χ1) is 7.65. The van der Waals surface area contributed by atoms with Gasteiger partial charge in [0.05, 0.1) is 0 Å². The Bertz CT molecular complexity index is 511. The number of hydrogen-bond acceptors (Lipinski definition) is 3. The van der Waals surface area contributed by atoms with Crippen molar-refractivity contribution < 1.29 is 0 Å². The number of aromatic nitrogens is 1. The second-order valence-electron chi connectivity index (χ2n) is 3.57. The van der Waals surface area contributed by atoms with Gasteiger partial charge in [0, 0.05) is 22.0 Å². The Morgan fingerprint density at radius 1 is 1.31 bits per heavy atom. The second-order valence-corrected chi connectivity index (χ2v) is 4.42. The third-order valence-electron chi connectivity index (χ3n) is 2.21. The van der Waals surface area contributed by atoms with Gasteiger partial charge in [-0.1, -0.05) is 6.07 Å². The molecule has 0 spiro atoms. The summed E-state index contributed by atoms with van der Waals surface area (Å²) in [7, 11) is 0. The van der Waals surface area contributed by atoms with Crippen molar-refractivity contribution in [3.05, 3.63) is 46.6 Å². The highest BCUT2D eigenvalue weighted by atomic mass is 79.9. The van der Waals surface area contributed by atoms with E-state index in [0.717, 1.165) is 27.2 Å². The number of nitrogens with zero attached hydrogens (tertiary/aromatic N) is 1. The first kappa shape index (κ1) is 11.0. The van der Waals surface area contributed by atoms with Gasteiger partial charge in [0.15, 0.2) is 0 Å². The third-order valence-corrected chi connectivity index (χ3v) is 3.04. The molecule has 0 aliphatic rings. The highest BCUT2D eigenvalue weighted by Crippen LogP contribution is 2.21. The third kappa shape index (κ3) is 2.52. The Kier molecular flexibility index (Phi) is 3.10. The van der Waals surface area contributed by atoms with Crippen LogP contribution in [0.3, 0.4) is 0 Å². The largest absolute Gasteiger partial charge is 0.399 e. The lowest BCUT2D eigenvalue weighted by molar-refractivity contribution is 1.25. The fourth-order valence-corrected chi connectivity index (χ4v) is 1.59. The van der Waals surface area contributed by atoms with Crippen LogP contribution in [0.25, 0.3) is 0 Å². The zero-order valence-corrected chi connectivity index (χ0v) is 10.5. The van der Waals surface area contributed by atoms with Crippen molar-refractivity contribution in [3.8, 4) is 0 Å². The summed E-state index contributed by atoms with van der Waals surface area (Å²) in [6.45, 7) is 2.02. The molecule has 0 saturated heterocycles. The molecule has 0 radical (unpaired) electrons. The van der Waals surface area contributed by atoms with Crippen molar-refractivity contribution >= 4 is 33.1 Å². The van der Waals surface area contributed by atoms with Crippen LogP contribution in [0.15, 0.2) is 41.0 Å². The maximum atomic E-state index is 5.70. The first-order valence-electron chi connectivity index (χ1n) is 4.90. The molecule has 2 rings (SSSR count). The molecule has 0 fully saturated rings. The zero-order chi connectivity index (χ0) is 11.5.